The van der Waals surface area contributed by atoms with Crippen molar-refractivity contribution in [3.05, 3.63) is 69.0 Å². The molecule has 3 aromatic rings. The Hall–Kier alpha value is -1.77. The van der Waals surface area contributed by atoms with E-state index in [0.29, 0.717) is 32.1 Å². The Kier molecular flexibility index (Phi) is 3.05. The second-order valence-electron chi connectivity index (χ2n) is 4.06. The normalized spacial score (nSPS) is 10.8. The second kappa shape index (κ2) is 4.72. The van der Waals surface area contributed by atoms with Gasteiger partial charge in [0.25, 0.3) is 0 Å². The van der Waals surface area contributed by atoms with Crippen LogP contribution in [0.25, 0.3) is 22.1 Å². The molecule has 0 amide bonds. The molecule has 0 spiro atoms. The number of hydrogen-bond donors (Lipinski definition) is 0. The van der Waals surface area contributed by atoms with E-state index in [-0.39, 0.29) is 0 Å². The van der Waals surface area contributed by atoms with E-state index in [9.17, 15) is 4.79 Å². The minimum absolute atomic E-state index is 0.322. The first-order valence-electron chi connectivity index (χ1n) is 5.65. The predicted octanol–water partition coefficient (Wildman–Crippen LogP) is 4.77. The van der Waals surface area contributed by atoms with Gasteiger partial charge in [0.15, 0.2) is 0 Å². The molecule has 0 aliphatic heterocycles. The average Bonchev–Trinajstić information content (AvgIpc) is 2.39. The summed E-state index contributed by atoms with van der Waals surface area (Å²) < 4.78 is 5.28. The van der Waals surface area contributed by atoms with Gasteiger partial charge in [0, 0.05) is 0 Å². The van der Waals surface area contributed by atoms with Gasteiger partial charge >= 0.3 is 5.63 Å². The molecule has 2 aromatic carbocycles. The van der Waals surface area contributed by atoms with E-state index in [2.05, 4.69) is 0 Å². The standard InChI is InChI=1S/C15H8Cl2O2/c16-10-7-4-8-11-13(10)14(17)12(15(18)19-11)9-5-2-1-3-6-9/h1-8H. The zero-order valence-electron chi connectivity index (χ0n) is 9.69. The van der Waals surface area contributed by atoms with E-state index in [1.807, 2.05) is 18.2 Å². The molecule has 0 atom stereocenters. The van der Waals surface area contributed by atoms with Crippen LogP contribution in [0.15, 0.2) is 57.7 Å². The van der Waals surface area contributed by atoms with Gasteiger partial charge in [-0.3, -0.25) is 0 Å². The first-order valence-corrected chi connectivity index (χ1v) is 6.40. The van der Waals surface area contributed by atoms with Crippen molar-refractivity contribution < 1.29 is 4.42 Å². The van der Waals surface area contributed by atoms with Crippen LogP contribution in [0.4, 0.5) is 0 Å². The summed E-state index contributed by atoms with van der Waals surface area (Å²) in [5.41, 5.74) is 0.971. The van der Waals surface area contributed by atoms with Gasteiger partial charge in [-0.15, -0.1) is 0 Å². The predicted molar refractivity (Wildman–Crippen MR) is 77.9 cm³/mol. The third kappa shape index (κ3) is 2.03. The monoisotopic (exact) mass is 290 g/mol. The van der Waals surface area contributed by atoms with Crippen molar-refractivity contribution in [2.24, 2.45) is 0 Å². The fourth-order valence-corrected chi connectivity index (χ4v) is 2.71. The van der Waals surface area contributed by atoms with Crippen LogP contribution < -0.4 is 5.63 Å². The molecule has 0 fully saturated rings. The molecule has 19 heavy (non-hydrogen) atoms. The summed E-state index contributed by atoms with van der Waals surface area (Å²) in [6.45, 7) is 0. The molecule has 0 saturated carbocycles. The van der Waals surface area contributed by atoms with Crippen molar-refractivity contribution in [2.45, 2.75) is 0 Å². The van der Waals surface area contributed by atoms with Gasteiger partial charge in [0.1, 0.15) is 5.58 Å². The van der Waals surface area contributed by atoms with Crippen molar-refractivity contribution in [1.29, 1.82) is 0 Å². The highest BCUT2D eigenvalue weighted by Crippen LogP contribution is 2.35. The molecule has 0 bridgehead atoms. The molecule has 0 radical (unpaired) electrons. The molecular weight excluding hydrogens is 283 g/mol. The highest BCUT2D eigenvalue weighted by atomic mass is 35.5. The van der Waals surface area contributed by atoms with Crippen LogP contribution in [0.1, 0.15) is 0 Å². The molecule has 0 aliphatic rings. The van der Waals surface area contributed by atoms with Crippen molar-refractivity contribution in [3.8, 4) is 11.1 Å². The Bertz CT molecular complexity index is 807. The average molecular weight is 291 g/mol. The van der Waals surface area contributed by atoms with Crippen molar-refractivity contribution in [3.63, 3.8) is 0 Å². The summed E-state index contributed by atoms with van der Waals surface area (Å²) in [5.74, 6) is 0. The quantitative estimate of drug-likeness (QED) is 0.605. The molecule has 1 heterocycles. The van der Waals surface area contributed by atoms with Gasteiger partial charge in [0.05, 0.1) is 21.0 Å². The summed E-state index contributed by atoms with van der Waals surface area (Å²) in [6, 6.07) is 14.2. The van der Waals surface area contributed by atoms with Crippen LogP contribution in [0.3, 0.4) is 0 Å². The second-order valence-corrected chi connectivity index (χ2v) is 4.84. The first-order chi connectivity index (χ1) is 9.18. The lowest BCUT2D eigenvalue weighted by Crippen LogP contribution is -2.04. The van der Waals surface area contributed by atoms with Crippen LogP contribution >= 0.6 is 23.2 Å². The molecule has 3 rings (SSSR count). The fraction of sp³-hybridized carbons (Fsp3) is 0. The number of hydrogen-bond acceptors (Lipinski definition) is 2. The number of fused-ring (bicyclic) bond motifs is 1. The van der Waals surface area contributed by atoms with E-state index in [1.165, 1.54) is 0 Å². The molecule has 0 saturated heterocycles. The molecule has 1 aromatic heterocycles. The highest BCUT2D eigenvalue weighted by Gasteiger charge is 2.16. The van der Waals surface area contributed by atoms with Gasteiger partial charge in [-0.25, -0.2) is 4.79 Å². The lowest BCUT2D eigenvalue weighted by Gasteiger charge is -2.07. The number of halogens is 2. The lowest BCUT2D eigenvalue weighted by molar-refractivity contribution is 0.563. The SMILES string of the molecule is O=c1oc2cccc(Cl)c2c(Cl)c1-c1ccccc1. The van der Waals surface area contributed by atoms with Gasteiger partial charge in [-0.05, 0) is 17.7 Å². The molecule has 4 heteroatoms. The summed E-state index contributed by atoms with van der Waals surface area (Å²) in [4.78, 5) is 12.1. The Morgan fingerprint density at radius 3 is 2.37 bits per heavy atom. The zero-order valence-corrected chi connectivity index (χ0v) is 11.2. The van der Waals surface area contributed by atoms with E-state index in [4.69, 9.17) is 27.6 Å². The maximum absolute atomic E-state index is 12.1. The molecule has 0 unspecified atom stereocenters. The van der Waals surface area contributed by atoms with E-state index >= 15 is 0 Å². The van der Waals surface area contributed by atoms with Crippen LogP contribution in [-0.2, 0) is 0 Å². The van der Waals surface area contributed by atoms with Crippen LogP contribution in [0.5, 0.6) is 0 Å². The number of benzene rings is 2. The maximum atomic E-state index is 12.1. The first kappa shape index (κ1) is 12.3. The van der Waals surface area contributed by atoms with E-state index in [0.717, 1.165) is 0 Å². The third-order valence-corrected chi connectivity index (χ3v) is 3.58. The van der Waals surface area contributed by atoms with Gasteiger partial charge < -0.3 is 4.42 Å². The molecular formula is C15H8Cl2O2. The highest BCUT2D eigenvalue weighted by molar-refractivity contribution is 6.43. The van der Waals surface area contributed by atoms with E-state index in [1.54, 1.807) is 30.3 Å². The minimum atomic E-state index is -0.467. The smallest absolute Gasteiger partial charge is 0.345 e. The maximum Gasteiger partial charge on any atom is 0.345 e. The van der Waals surface area contributed by atoms with Crippen molar-refractivity contribution >= 4 is 34.2 Å². The zero-order chi connectivity index (χ0) is 13.4. The van der Waals surface area contributed by atoms with Crippen LogP contribution in [-0.4, -0.2) is 0 Å². The van der Waals surface area contributed by atoms with Crippen LogP contribution in [0.2, 0.25) is 10.0 Å². The van der Waals surface area contributed by atoms with Gasteiger partial charge in [-0.1, -0.05) is 59.6 Å². The van der Waals surface area contributed by atoms with Crippen molar-refractivity contribution in [2.75, 3.05) is 0 Å². The topological polar surface area (TPSA) is 30.2 Å². The fourth-order valence-electron chi connectivity index (χ4n) is 2.02. The van der Waals surface area contributed by atoms with E-state index < -0.39 is 5.63 Å². The molecule has 0 N–H and O–H groups in total. The Morgan fingerprint density at radius 2 is 1.63 bits per heavy atom. The minimum Gasteiger partial charge on any atom is -0.422 e. The summed E-state index contributed by atoms with van der Waals surface area (Å²) in [5, 5.41) is 1.34. The van der Waals surface area contributed by atoms with Gasteiger partial charge in [-0.2, -0.15) is 0 Å². The van der Waals surface area contributed by atoms with Crippen molar-refractivity contribution in [1.82, 2.24) is 0 Å². The molecule has 0 aliphatic carbocycles. The Morgan fingerprint density at radius 1 is 0.895 bits per heavy atom. The third-order valence-electron chi connectivity index (χ3n) is 2.88. The lowest BCUT2D eigenvalue weighted by atomic mass is 10.1. The van der Waals surface area contributed by atoms with Gasteiger partial charge in [0.2, 0.25) is 0 Å². The Balaban J connectivity index is 2.45. The summed E-state index contributed by atoms with van der Waals surface area (Å²) in [6.07, 6.45) is 0. The largest absolute Gasteiger partial charge is 0.422 e. The molecule has 2 nitrogen and oxygen atoms in total. The van der Waals surface area contributed by atoms with Crippen LogP contribution in [0, 0.1) is 0 Å². The Labute approximate surface area is 119 Å². The number of rotatable bonds is 1. The summed E-state index contributed by atoms with van der Waals surface area (Å²) >= 11 is 12.5. The summed E-state index contributed by atoms with van der Waals surface area (Å²) in [7, 11) is 0. The molecule has 94 valence electrons.